The van der Waals surface area contributed by atoms with Gasteiger partial charge < -0.3 is 10.1 Å². The Balaban J connectivity index is 2.14. The number of likely N-dealkylation sites (tertiary alicyclic amines) is 1. The lowest BCUT2D eigenvalue weighted by atomic mass is 9.93. The van der Waals surface area contributed by atoms with Crippen LogP contribution in [0.1, 0.15) is 38.3 Å². The molecule has 1 fully saturated rings. The minimum atomic E-state index is 0.474. The minimum absolute atomic E-state index is 0.474. The predicted molar refractivity (Wildman–Crippen MR) is 84.2 cm³/mol. The zero-order valence-corrected chi connectivity index (χ0v) is 13.1. The first-order valence-corrected chi connectivity index (χ1v) is 7.90. The zero-order valence-electron chi connectivity index (χ0n) is 13.1. The molecule has 2 rings (SSSR count). The van der Waals surface area contributed by atoms with Crippen LogP contribution in [0.15, 0.2) is 24.3 Å². The third-order valence-electron chi connectivity index (χ3n) is 4.14. The van der Waals surface area contributed by atoms with Crippen LogP contribution < -0.4 is 10.1 Å². The SMILES string of the molecule is CCCNCC1CCN(C)C1c1ccccc1OCC. The van der Waals surface area contributed by atoms with E-state index in [0.29, 0.717) is 12.0 Å². The number of nitrogens with one attached hydrogen (secondary N) is 1. The van der Waals surface area contributed by atoms with Crippen molar-refractivity contribution in [3.8, 4) is 5.75 Å². The van der Waals surface area contributed by atoms with Gasteiger partial charge in [-0.2, -0.15) is 0 Å². The van der Waals surface area contributed by atoms with Gasteiger partial charge in [0, 0.05) is 11.6 Å². The lowest BCUT2D eigenvalue weighted by molar-refractivity contribution is 0.257. The van der Waals surface area contributed by atoms with E-state index in [4.69, 9.17) is 4.74 Å². The van der Waals surface area contributed by atoms with E-state index in [2.05, 4.69) is 55.4 Å². The zero-order chi connectivity index (χ0) is 14.4. The Bertz CT molecular complexity index is 408. The maximum absolute atomic E-state index is 5.82. The minimum Gasteiger partial charge on any atom is -0.494 e. The summed E-state index contributed by atoms with van der Waals surface area (Å²) in [6.45, 7) is 8.38. The van der Waals surface area contributed by atoms with Crippen LogP contribution in [0, 0.1) is 5.92 Å². The van der Waals surface area contributed by atoms with E-state index in [1.807, 2.05) is 0 Å². The summed E-state index contributed by atoms with van der Waals surface area (Å²) >= 11 is 0. The van der Waals surface area contributed by atoms with E-state index in [1.54, 1.807) is 0 Å². The molecule has 20 heavy (non-hydrogen) atoms. The largest absolute Gasteiger partial charge is 0.494 e. The highest BCUT2D eigenvalue weighted by molar-refractivity contribution is 5.37. The molecule has 0 amide bonds. The van der Waals surface area contributed by atoms with Crippen LogP contribution in [0.25, 0.3) is 0 Å². The lowest BCUT2D eigenvalue weighted by Gasteiger charge is -2.27. The van der Waals surface area contributed by atoms with Crippen LogP contribution in [0.5, 0.6) is 5.75 Å². The Hall–Kier alpha value is -1.06. The normalized spacial score (nSPS) is 23.1. The second kappa shape index (κ2) is 7.65. The van der Waals surface area contributed by atoms with Gasteiger partial charge in [-0.25, -0.2) is 0 Å². The van der Waals surface area contributed by atoms with E-state index in [-0.39, 0.29) is 0 Å². The molecule has 0 bridgehead atoms. The molecule has 1 aliphatic heterocycles. The number of hydrogen-bond acceptors (Lipinski definition) is 3. The molecule has 0 aliphatic carbocycles. The van der Waals surface area contributed by atoms with Crippen LogP contribution in [0.3, 0.4) is 0 Å². The van der Waals surface area contributed by atoms with Crippen molar-refractivity contribution in [1.82, 2.24) is 10.2 Å². The highest BCUT2D eigenvalue weighted by Crippen LogP contribution is 2.39. The molecule has 0 radical (unpaired) electrons. The summed E-state index contributed by atoms with van der Waals surface area (Å²) in [7, 11) is 2.23. The van der Waals surface area contributed by atoms with Gasteiger partial charge in [-0.15, -0.1) is 0 Å². The third-order valence-corrected chi connectivity index (χ3v) is 4.14. The summed E-state index contributed by atoms with van der Waals surface area (Å²) in [4.78, 5) is 2.47. The number of benzene rings is 1. The molecule has 1 N–H and O–H groups in total. The van der Waals surface area contributed by atoms with Gasteiger partial charge in [0.05, 0.1) is 6.61 Å². The fourth-order valence-electron chi connectivity index (χ4n) is 3.21. The Kier molecular flexibility index (Phi) is 5.86. The van der Waals surface area contributed by atoms with Crippen LogP contribution >= 0.6 is 0 Å². The average molecular weight is 276 g/mol. The van der Waals surface area contributed by atoms with E-state index in [9.17, 15) is 0 Å². The highest BCUT2D eigenvalue weighted by atomic mass is 16.5. The van der Waals surface area contributed by atoms with E-state index >= 15 is 0 Å². The Morgan fingerprint density at radius 2 is 2.10 bits per heavy atom. The molecule has 0 spiro atoms. The predicted octanol–water partition coefficient (Wildman–Crippen LogP) is 3.08. The monoisotopic (exact) mass is 276 g/mol. The molecular weight excluding hydrogens is 248 g/mol. The molecular formula is C17H28N2O. The number of hydrogen-bond donors (Lipinski definition) is 1. The number of ether oxygens (including phenoxy) is 1. The fraction of sp³-hybridized carbons (Fsp3) is 0.647. The topological polar surface area (TPSA) is 24.5 Å². The van der Waals surface area contributed by atoms with Gasteiger partial charge in [0.2, 0.25) is 0 Å². The average Bonchev–Trinajstić information content (AvgIpc) is 2.81. The summed E-state index contributed by atoms with van der Waals surface area (Å²) < 4.78 is 5.82. The molecule has 1 saturated heterocycles. The van der Waals surface area contributed by atoms with Crippen LogP contribution in [0.4, 0.5) is 0 Å². The van der Waals surface area contributed by atoms with Crippen molar-refractivity contribution >= 4 is 0 Å². The molecule has 3 heteroatoms. The molecule has 1 aromatic rings. The number of para-hydroxylation sites is 1. The Morgan fingerprint density at radius 3 is 2.85 bits per heavy atom. The van der Waals surface area contributed by atoms with Crippen molar-refractivity contribution in [2.75, 3.05) is 33.3 Å². The second-order valence-electron chi connectivity index (χ2n) is 5.65. The highest BCUT2D eigenvalue weighted by Gasteiger charge is 2.34. The molecule has 2 unspecified atom stereocenters. The van der Waals surface area contributed by atoms with Crippen molar-refractivity contribution in [1.29, 1.82) is 0 Å². The second-order valence-corrected chi connectivity index (χ2v) is 5.65. The molecule has 3 nitrogen and oxygen atoms in total. The van der Waals surface area contributed by atoms with Gasteiger partial charge >= 0.3 is 0 Å². The quantitative estimate of drug-likeness (QED) is 0.775. The van der Waals surface area contributed by atoms with Crippen LogP contribution in [-0.4, -0.2) is 38.2 Å². The van der Waals surface area contributed by atoms with E-state index in [0.717, 1.165) is 25.4 Å². The molecule has 0 aromatic heterocycles. The van der Waals surface area contributed by atoms with Gasteiger partial charge in [-0.05, 0) is 58.4 Å². The van der Waals surface area contributed by atoms with Gasteiger partial charge in [-0.1, -0.05) is 25.1 Å². The molecule has 0 saturated carbocycles. The van der Waals surface area contributed by atoms with Gasteiger partial charge in [0.15, 0.2) is 0 Å². The molecule has 1 aliphatic rings. The Labute approximate surface area is 123 Å². The van der Waals surface area contributed by atoms with Crippen molar-refractivity contribution in [2.45, 2.75) is 32.7 Å². The van der Waals surface area contributed by atoms with E-state index in [1.165, 1.54) is 24.9 Å². The summed E-state index contributed by atoms with van der Waals surface area (Å²) in [5.41, 5.74) is 1.35. The smallest absolute Gasteiger partial charge is 0.124 e. The number of nitrogens with zero attached hydrogens (tertiary/aromatic N) is 1. The maximum atomic E-state index is 5.82. The Morgan fingerprint density at radius 1 is 1.30 bits per heavy atom. The van der Waals surface area contributed by atoms with E-state index < -0.39 is 0 Å². The fourth-order valence-corrected chi connectivity index (χ4v) is 3.21. The first kappa shape index (κ1) is 15.3. The van der Waals surface area contributed by atoms with Crippen molar-refractivity contribution in [3.05, 3.63) is 29.8 Å². The third kappa shape index (κ3) is 3.53. The van der Waals surface area contributed by atoms with Crippen molar-refractivity contribution in [3.63, 3.8) is 0 Å². The molecule has 1 heterocycles. The van der Waals surface area contributed by atoms with Crippen LogP contribution in [-0.2, 0) is 0 Å². The standard InChI is InChI=1S/C17H28N2O/c1-4-11-18-13-14-10-12-19(3)17(14)15-8-6-7-9-16(15)20-5-2/h6-9,14,17-18H,4-5,10-13H2,1-3H3. The molecule has 112 valence electrons. The first-order valence-electron chi connectivity index (χ1n) is 7.90. The van der Waals surface area contributed by atoms with Gasteiger partial charge in [0.25, 0.3) is 0 Å². The van der Waals surface area contributed by atoms with Crippen LogP contribution in [0.2, 0.25) is 0 Å². The summed E-state index contributed by atoms with van der Waals surface area (Å²) in [5, 5.41) is 3.58. The van der Waals surface area contributed by atoms with Crippen molar-refractivity contribution < 1.29 is 4.74 Å². The summed E-state index contributed by atoms with van der Waals surface area (Å²) in [5.74, 6) is 1.72. The summed E-state index contributed by atoms with van der Waals surface area (Å²) in [6, 6.07) is 8.99. The summed E-state index contributed by atoms with van der Waals surface area (Å²) in [6.07, 6.45) is 2.46. The molecule has 2 atom stereocenters. The maximum Gasteiger partial charge on any atom is 0.124 e. The first-order chi connectivity index (χ1) is 9.77. The van der Waals surface area contributed by atoms with Crippen molar-refractivity contribution in [2.24, 2.45) is 5.92 Å². The lowest BCUT2D eigenvalue weighted by Crippen LogP contribution is -2.29. The van der Waals surface area contributed by atoms with Gasteiger partial charge in [0.1, 0.15) is 5.75 Å². The van der Waals surface area contributed by atoms with Gasteiger partial charge in [-0.3, -0.25) is 4.90 Å². The number of rotatable bonds is 7. The molecule has 1 aromatic carbocycles.